The van der Waals surface area contributed by atoms with Gasteiger partial charge in [0, 0.05) is 30.4 Å². The lowest BCUT2D eigenvalue weighted by Crippen LogP contribution is -2.34. The van der Waals surface area contributed by atoms with Crippen molar-refractivity contribution in [1.29, 1.82) is 0 Å². The minimum absolute atomic E-state index is 0.0839. The van der Waals surface area contributed by atoms with Crippen molar-refractivity contribution in [3.63, 3.8) is 0 Å². The van der Waals surface area contributed by atoms with E-state index < -0.39 is 0 Å². The largest absolute Gasteiger partial charge is 0.507 e. The molecule has 0 atom stereocenters. The molecule has 0 aliphatic carbocycles. The maximum absolute atomic E-state index is 12.3. The molecule has 0 fully saturated rings. The molecule has 29 heavy (non-hydrogen) atoms. The van der Waals surface area contributed by atoms with Crippen molar-refractivity contribution in [2.45, 2.75) is 13.8 Å². The maximum atomic E-state index is 12.3. The first-order chi connectivity index (χ1) is 14.1. The number of nitrogens with zero attached hydrogens (tertiary/aromatic N) is 2. The van der Waals surface area contributed by atoms with Gasteiger partial charge in [0.15, 0.2) is 0 Å². The summed E-state index contributed by atoms with van der Waals surface area (Å²) in [6.45, 7) is 7.65. The Kier molecular flexibility index (Phi) is 6.98. The van der Waals surface area contributed by atoms with E-state index in [0.29, 0.717) is 17.7 Å². The van der Waals surface area contributed by atoms with Crippen LogP contribution in [0, 0.1) is 0 Å². The minimum Gasteiger partial charge on any atom is -0.507 e. The van der Waals surface area contributed by atoms with Crippen LogP contribution in [-0.2, 0) is 0 Å². The summed E-state index contributed by atoms with van der Waals surface area (Å²) in [6, 6.07) is 18.6. The molecule has 3 aromatic rings. The Morgan fingerprint density at radius 1 is 1.03 bits per heavy atom. The van der Waals surface area contributed by atoms with Crippen LogP contribution in [0.3, 0.4) is 0 Å². The number of phenols is 1. The number of hydrogen-bond acceptors (Lipinski definition) is 4. The number of fused-ring (bicyclic) bond motifs is 1. The molecule has 2 N–H and O–H groups in total. The van der Waals surface area contributed by atoms with Crippen molar-refractivity contribution in [2.24, 2.45) is 4.99 Å². The second-order valence-electron chi connectivity index (χ2n) is 6.81. The summed E-state index contributed by atoms with van der Waals surface area (Å²) in [6.07, 6.45) is 1.66. The standard InChI is InChI=1S/C24H27N3O2/c1-3-27(4-2)16-15-25-24(29)19-9-12-20(13-10-19)26-17-22-21-8-6-5-7-18(21)11-14-23(22)28/h5-14,17,28H,3-4,15-16H2,1-2H3,(H,25,29). The number of rotatable bonds is 8. The average Bonchev–Trinajstić information content (AvgIpc) is 2.76. The average molecular weight is 389 g/mol. The van der Waals surface area contributed by atoms with Crippen molar-refractivity contribution in [1.82, 2.24) is 10.2 Å². The number of likely N-dealkylation sites (N-methyl/N-ethyl adjacent to an activating group) is 1. The lowest BCUT2D eigenvalue weighted by atomic mass is 10.0. The summed E-state index contributed by atoms with van der Waals surface area (Å²) < 4.78 is 0. The Balaban J connectivity index is 1.67. The van der Waals surface area contributed by atoms with Gasteiger partial charge < -0.3 is 15.3 Å². The van der Waals surface area contributed by atoms with E-state index in [0.717, 1.165) is 36.1 Å². The summed E-state index contributed by atoms with van der Waals surface area (Å²) in [4.78, 5) is 19.0. The summed E-state index contributed by atoms with van der Waals surface area (Å²) in [5.41, 5.74) is 2.01. The molecule has 0 aromatic heterocycles. The van der Waals surface area contributed by atoms with Crippen LogP contribution >= 0.6 is 0 Å². The number of amides is 1. The zero-order valence-corrected chi connectivity index (χ0v) is 16.9. The smallest absolute Gasteiger partial charge is 0.251 e. The predicted octanol–water partition coefficient (Wildman–Crippen LogP) is 4.37. The van der Waals surface area contributed by atoms with E-state index >= 15 is 0 Å². The number of hydrogen-bond donors (Lipinski definition) is 2. The Labute approximate surface area is 171 Å². The second kappa shape index (κ2) is 9.85. The van der Waals surface area contributed by atoms with Gasteiger partial charge in [0.1, 0.15) is 5.75 Å². The Hall–Kier alpha value is -3.18. The van der Waals surface area contributed by atoms with Crippen LogP contribution in [0.5, 0.6) is 5.75 Å². The Bertz CT molecular complexity index is 993. The van der Waals surface area contributed by atoms with Gasteiger partial charge in [-0.05, 0) is 54.2 Å². The SMILES string of the molecule is CCN(CC)CCNC(=O)c1ccc(N=Cc2c(O)ccc3ccccc23)cc1. The van der Waals surface area contributed by atoms with E-state index in [1.54, 1.807) is 36.5 Å². The monoisotopic (exact) mass is 389 g/mol. The zero-order valence-electron chi connectivity index (χ0n) is 16.9. The third-order valence-electron chi connectivity index (χ3n) is 5.03. The molecule has 0 radical (unpaired) electrons. The lowest BCUT2D eigenvalue weighted by molar-refractivity contribution is 0.0949. The fraction of sp³-hybridized carbons (Fsp3) is 0.250. The molecule has 0 aliphatic rings. The maximum Gasteiger partial charge on any atom is 0.251 e. The molecule has 3 aromatic carbocycles. The lowest BCUT2D eigenvalue weighted by Gasteiger charge is -2.17. The molecule has 0 bridgehead atoms. The number of carbonyl (C=O) groups excluding carboxylic acids is 1. The highest BCUT2D eigenvalue weighted by molar-refractivity contribution is 6.03. The summed E-state index contributed by atoms with van der Waals surface area (Å²) >= 11 is 0. The number of benzene rings is 3. The molecule has 0 heterocycles. The Morgan fingerprint density at radius 3 is 2.48 bits per heavy atom. The summed E-state index contributed by atoms with van der Waals surface area (Å²) in [7, 11) is 0. The quantitative estimate of drug-likeness (QED) is 0.562. The summed E-state index contributed by atoms with van der Waals surface area (Å²) in [5, 5.41) is 15.2. The minimum atomic E-state index is -0.0839. The van der Waals surface area contributed by atoms with Crippen LogP contribution in [-0.4, -0.2) is 48.3 Å². The number of aromatic hydroxyl groups is 1. The highest BCUT2D eigenvalue weighted by atomic mass is 16.3. The molecule has 3 rings (SSSR count). The molecular formula is C24H27N3O2. The Morgan fingerprint density at radius 2 is 1.76 bits per heavy atom. The van der Waals surface area contributed by atoms with Crippen LogP contribution in [0.2, 0.25) is 0 Å². The first-order valence-electron chi connectivity index (χ1n) is 9.97. The van der Waals surface area contributed by atoms with Gasteiger partial charge in [0.2, 0.25) is 0 Å². The van der Waals surface area contributed by atoms with E-state index in [2.05, 4.69) is 29.1 Å². The van der Waals surface area contributed by atoms with Crippen LogP contribution in [0.15, 0.2) is 65.7 Å². The normalized spacial score (nSPS) is 11.4. The summed E-state index contributed by atoms with van der Waals surface area (Å²) in [5.74, 6) is 0.107. The van der Waals surface area contributed by atoms with Crippen LogP contribution in [0.25, 0.3) is 10.8 Å². The topological polar surface area (TPSA) is 64.9 Å². The molecular weight excluding hydrogens is 362 g/mol. The van der Waals surface area contributed by atoms with E-state index in [-0.39, 0.29) is 11.7 Å². The number of nitrogens with one attached hydrogen (secondary N) is 1. The molecule has 5 nitrogen and oxygen atoms in total. The molecule has 0 saturated carbocycles. The number of phenolic OH excluding ortho intramolecular Hbond substituents is 1. The van der Waals surface area contributed by atoms with Crippen molar-refractivity contribution >= 4 is 28.6 Å². The molecule has 0 aliphatic heterocycles. The van der Waals surface area contributed by atoms with Gasteiger partial charge in [0.25, 0.3) is 5.91 Å². The molecule has 0 spiro atoms. The fourth-order valence-corrected chi connectivity index (χ4v) is 3.23. The van der Waals surface area contributed by atoms with E-state index in [9.17, 15) is 9.90 Å². The van der Waals surface area contributed by atoms with Crippen molar-refractivity contribution in [3.05, 3.63) is 71.8 Å². The van der Waals surface area contributed by atoms with Crippen molar-refractivity contribution in [2.75, 3.05) is 26.2 Å². The second-order valence-corrected chi connectivity index (χ2v) is 6.81. The molecule has 150 valence electrons. The van der Waals surface area contributed by atoms with Crippen molar-refractivity contribution < 1.29 is 9.90 Å². The molecule has 0 saturated heterocycles. The van der Waals surface area contributed by atoms with E-state index in [1.165, 1.54) is 0 Å². The first kappa shape index (κ1) is 20.6. The highest BCUT2D eigenvalue weighted by Crippen LogP contribution is 2.26. The molecule has 0 unspecified atom stereocenters. The van der Waals surface area contributed by atoms with Gasteiger partial charge in [-0.3, -0.25) is 9.79 Å². The fourth-order valence-electron chi connectivity index (χ4n) is 3.23. The van der Waals surface area contributed by atoms with Gasteiger partial charge in [-0.1, -0.05) is 44.2 Å². The number of aliphatic imine (C=N–C) groups is 1. The third-order valence-corrected chi connectivity index (χ3v) is 5.03. The van der Waals surface area contributed by atoms with Crippen LogP contribution < -0.4 is 5.32 Å². The van der Waals surface area contributed by atoms with Crippen molar-refractivity contribution in [3.8, 4) is 5.75 Å². The zero-order chi connectivity index (χ0) is 20.6. The molecule has 5 heteroatoms. The molecule has 1 amide bonds. The van der Waals surface area contributed by atoms with Crippen LogP contribution in [0.1, 0.15) is 29.8 Å². The van der Waals surface area contributed by atoms with Gasteiger partial charge >= 0.3 is 0 Å². The first-order valence-corrected chi connectivity index (χ1v) is 9.97. The third kappa shape index (κ3) is 5.21. The van der Waals surface area contributed by atoms with Gasteiger partial charge in [0.05, 0.1) is 5.69 Å². The number of carbonyl (C=O) groups is 1. The van der Waals surface area contributed by atoms with E-state index in [1.807, 2.05) is 30.3 Å². The highest BCUT2D eigenvalue weighted by Gasteiger charge is 2.07. The van der Waals surface area contributed by atoms with Gasteiger partial charge in [-0.2, -0.15) is 0 Å². The van der Waals surface area contributed by atoms with Gasteiger partial charge in [-0.25, -0.2) is 0 Å². The predicted molar refractivity (Wildman–Crippen MR) is 119 cm³/mol. The van der Waals surface area contributed by atoms with Gasteiger partial charge in [-0.15, -0.1) is 0 Å². The van der Waals surface area contributed by atoms with Crippen LogP contribution in [0.4, 0.5) is 5.69 Å². The van der Waals surface area contributed by atoms with E-state index in [4.69, 9.17) is 0 Å².